The molecular formula is C12H16N2OS. The summed E-state index contributed by atoms with van der Waals surface area (Å²) in [6, 6.07) is 0. The van der Waals surface area contributed by atoms with Crippen LogP contribution in [0.25, 0.3) is 0 Å². The summed E-state index contributed by atoms with van der Waals surface area (Å²) in [5.74, 6) is 2.46. The number of rotatable bonds is 4. The molecule has 1 fully saturated rings. The number of hydrogen-bond donors (Lipinski definition) is 2. The Labute approximate surface area is 98.6 Å². The van der Waals surface area contributed by atoms with E-state index in [1.165, 1.54) is 24.2 Å². The maximum atomic E-state index is 10.9. The van der Waals surface area contributed by atoms with Crippen molar-refractivity contribution in [2.24, 2.45) is 17.8 Å². The van der Waals surface area contributed by atoms with Gasteiger partial charge in [0.15, 0.2) is 0 Å². The second kappa shape index (κ2) is 4.18. The molecule has 2 N–H and O–H groups in total. The molecule has 2 bridgehead atoms. The van der Waals surface area contributed by atoms with E-state index >= 15 is 0 Å². The normalized spacial score (nSPS) is 31.4. The molecule has 0 aromatic carbocycles. The second-order valence-corrected chi connectivity index (χ2v) is 5.69. The van der Waals surface area contributed by atoms with E-state index in [2.05, 4.69) is 22.5 Å². The van der Waals surface area contributed by atoms with Gasteiger partial charge in [0.1, 0.15) is 0 Å². The van der Waals surface area contributed by atoms with Crippen LogP contribution in [0.4, 0.5) is 0 Å². The van der Waals surface area contributed by atoms with Crippen LogP contribution in [0.2, 0.25) is 0 Å². The van der Waals surface area contributed by atoms with Crippen LogP contribution in [0.5, 0.6) is 0 Å². The van der Waals surface area contributed by atoms with E-state index in [0.29, 0.717) is 0 Å². The van der Waals surface area contributed by atoms with Crippen molar-refractivity contribution in [2.75, 3.05) is 6.54 Å². The third-order valence-corrected chi connectivity index (χ3v) is 4.43. The van der Waals surface area contributed by atoms with E-state index in [4.69, 9.17) is 0 Å². The molecule has 16 heavy (non-hydrogen) atoms. The van der Waals surface area contributed by atoms with Gasteiger partial charge < -0.3 is 10.3 Å². The van der Waals surface area contributed by atoms with Gasteiger partial charge in [0.05, 0.1) is 0 Å². The highest BCUT2D eigenvalue weighted by atomic mass is 32.1. The minimum absolute atomic E-state index is 0.0413. The third kappa shape index (κ3) is 1.99. The van der Waals surface area contributed by atoms with Crippen LogP contribution in [-0.4, -0.2) is 11.5 Å². The van der Waals surface area contributed by atoms with Gasteiger partial charge in [-0.25, -0.2) is 0 Å². The Morgan fingerprint density at radius 3 is 3.00 bits per heavy atom. The number of aromatic amines is 1. The number of nitrogens with one attached hydrogen (secondary N) is 2. The number of H-pyrrole nitrogens is 1. The molecule has 3 atom stereocenters. The Bertz CT molecular complexity index is 448. The van der Waals surface area contributed by atoms with E-state index < -0.39 is 0 Å². The molecule has 0 amide bonds. The van der Waals surface area contributed by atoms with E-state index in [1.54, 1.807) is 0 Å². The first-order valence-electron chi connectivity index (χ1n) is 5.87. The van der Waals surface area contributed by atoms with E-state index in [0.717, 1.165) is 36.5 Å². The molecule has 1 aromatic heterocycles. The largest absolute Gasteiger partial charge is 0.315 e. The molecule has 0 radical (unpaired) electrons. The van der Waals surface area contributed by atoms with Gasteiger partial charge in [0.2, 0.25) is 0 Å². The minimum Gasteiger partial charge on any atom is -0.315 e. The lowest BCUT2D eigenvalue weighted by molar-refractivity contribution is 0.413. The molecule has 1 aromatic rings. The van der Waals surface area contributed by atoms with Gasteiger partial charge in [0.25, 0.3) is 0 Å². The second-order valence-electron chi connectivity index (χ2n) is 4.84. The lowest BCUT2D eigenvalue weighted by Gasteiger charge is -2.18. The number of allylic oxidation sites excluding steroid dienone is 2. The zero-order valence-corrected chi connectivity index (χ0v) is 9.93. The molecule has 0 saturated heterocycles. The molecule has 3 rings (SSSR count). The summed E-state index contributed by atoms with van der Waals surface area (Å²) < 4.78 is 0. The number of hydrogen-bond acceptors (Lipinski definition) is 3. The van der Waals surface area contributed by atoms with E-state index in [9.17, 15) is 4.79 Å². The molecule has 3 nitrogen and oxygen atoms in total. The monoisotopic (exact) mass is 236 g/mol. The van der Waals surface area contributed by atoms with Gasteiger partial charge in [-0.15, -0.1) is 0 Å². The van der Waals surface area contributed by atoms with Crippen LogP contribution < -0.4 is 10.2 Å². The highest BCUT2D eigenvalue weighted by molar-refractivity contribution is 7.07. The van der Waals surface area contributed by atoms with Crippen LogP contribution in [0.1, 0.15) is 18.5 Å². The molecular weight excluding hydrogens is 220 g/mol. The maximum Gasteiger partial charge on any atom is 0.304 e. The Hall–Kier alpha value is -0.870. The van der Waals surface area contributed by atoms with Crippen molar-refractivity contribution >= 4 is 11.3 Å². The van der Waals surface area contributed by atoms with Gasteiger partial charge >= 0.3 is 4.87 Å². The smallest absolute Gasteiger partial charge is 0.304 e. The van der Waals surface area contributed by atoms with Gasteiger partial charge in [-0.2, -0.15) is 0 Å². The van der Waals surface area contributed by atoms with Gasteiger partial charge in [-0.1, -0.05) is 23.5 Å². The predicted octanol–water partition coefficient (Wildman–Crippen LogP) is 1.74. The van der Waals surface area contributed by atoms with Crippen molar-refractivity contribution in [3.8, 4) is 0 Å². The molecule has 1 heterocycles. The van der Waals surface area contributed by atoms with Crippen LogP contribution >= 0.6 is 11.3 Å². The number of aromatic nitrogens is 1. The first kappa shape index (κ1) is 10.3. The molecule has 4 heteroatoms. The number of fused-ring (bicyclic) bond motifs is 2. The minimum atomic E-state index is 0.0413. The lowest BCUT2D eigenvalue weighted by atomic mass is 9.94. The Balaban J connectivity index is 1.47. The zero-order valence-electron chi connectivity index (χ0n) is 9.11. The first-order chi connectivity index (χ1) is 7.81. The molecule has 2 aliphatic carbocycles. The molecule has 86 valence electrons. The van der Waals surface area contributed by atoms with Crippen molar-refractivity contribution in [1.82, 2.24) is 10.3 Å². The fourth-order valence-electron chi connectivity index (χ4n) is 2.92. The van der Waals surface area contributed by atoms with Crippen LogP contribution in [0.3, 0.4) is 0 Å². The van der Waals surface area contributed by atoms with Crippen molar-refractivity contribution in [1.29, 1.82) is 0 Å². The zero-order chi connectivity index (χ0) is 11.0. The van der Waals surface area contributed by atoms with Crippen molar-refractivity contribution in [3.63, 3.8) is 0 Å². The average Bonchev–Trinajstić information content (AvgIpc) is 2.94. The highest BCUT2D eigenvalue weighted by Gasteiger charge is 2.34. The van der Waals surface area contributed by atoms with Crippen molar-refractivity contribution < 1.29 is 0 Å². The predicted molar refractivity (Wildman–Crippen MR) is 65.5 cm³/mol. The Morgan fingerprint density at radius 2 is 2.38 bits per heavy atom. The molecule has 3 unspecified atom stereocenters. The van der Waals surface area contributed by atoms with Crippen LogP contribution in [0, 0.1) is 17.8 Å². The third-order valence-electron chi connectivity index (χ3n) is 3.71. The first-order valence-corrected chi connectivity index (χ1v) is 6.75. The molecule has 0 spiro atoms. The molecule has 2 aliphatic rings. The summed E-state index contributed by atoms with van der Waals surface area (Å²) in [4.78, 5) is 13.8. The quantitative estimate of drug-likeness (QED) is 0.782. The fraction of sp³-hybridized carbons (Fsp3) is 0.583. The summed E-state index contributed by atoms with van der Waals surface area (Å²) in [6.07, 6.45) is 7.46. The summed E-state index contributed by atoms with van der Waals surface area (Å²) in [6.45, 7) is 1.86. The van der Waals surface area contributed by atoms with Gasteiger partial charge in [-0.05, 0) is 37.1 Å². The summed E-state index contributed by atoms with van der Waals surface area (Å²) in [5.41, 5.74) is 1.01. The Kier molecular flexibility index (Phi) is 2.69. The Morgan fingerprint density at radius 1 is 1.44 bits per heavy atom. The fourth-order valence-corrected chi connectivity index (χ4v) is 3.50. The number of thiazole rings is 1. The standard InChI is InChI=1S/C12H16N2OS/c15-12-14-11(7-16-12)6-13-5-10-4-8-1-2-9(10)3-8/h1-2,7-10,13H,3-6H2,(H,14,15). The van der Waals surface area contributed by atoms with Crippen LogP contribution in [0.15, 0.2) is 22.3 Å². The van der Waals surface area contributed by atoms with E-state index in [-0.39, 0.29) is 4.87 Å². The van der Waals surface area contributed by atoms with Crippen molar-refractivity contribution in [2.45, 2.75) is 19.4 Å². The SMILES string of the molecule is O=c1[nH]c(CNCC2CC3C=CC2C3)cs1. The summed E-state index contributed by atoms with van der Waals surface area (Å²) >= 11 is 1.24. The van der Waals surface area contributed by atoms with E-state index in [1.807, 2.05) is 5.38 Å². The van der Waals surface area contributed by atoms with Gasteiger partial charge in [-0.3, -0.25) is 4.79 Å². The summed E-state index contributed by atoms with van der Waals surface area (Å²) in [7, 11) is 0. The maximum absolute atomic E-state index is 10.9. The topological polar surface area (TPSA) is 44.9 Å². The highest BCUT2D eigenvalue weighted by Crippen LogP contribution is 2.42. The lowest BCUT2D eigenvalue weighted by Crippen LogP contribution is -2.25. The molecule has 0 aliphatic heterocycles. The van der Waals surface area contributed by atoms with Gasteiger partial charge in [0, 0.05) is 17.6 Å². The molecule has 1 saturated carbocycles. The average molecular weight is 236 g/mol. The van der Waals surface area contributed by atoms with Crippen molar-refractivity contribution in [3.05, 3.63) is 32.9 Å². The summed E-state index contributed by atoms with van der Waals surface area (Å²) in [5, 5.41) is 5.34. The van der Waals surface area contributed by atoms with Crippen LogP contribution in [-0.2, 0) is 6.54 Å².